The van der Waals surface area contributed by atoms with Gasteiger partial charge in [0.1, 0.15) is 0 Å². The van der Waals surface area contributed by atoms with Crippen molar-refractivity contribution < 1.29 is 4.79 Å². The zero-order valence-corrected chi connectivity index (χ0v) is 11.1. The molecule has 0 fully saturated rings. The molecule has 1 aliphatic carbocycles. The van der Waals surface area contributed by atoms with Gasteiger partial charge < -0.3 is 0 Å². The third kappa shape index (κ3) is 2.19. The number of aryl methyl sites for hydroxylation is 1. The molecular weight excluding hydrogens is 234 g/mol. The number of rotatable bonds is 2. The SMILES string of the molecule is CCC1CCc2nc(-c3ccccc3)ccc2C1=O. The van der Waals surface area contributed by atoms with Crippen LogP contribution in [0.3, 0.4) is 0 Å². The van der Waals surface area contributed by atoms with Crippen LogP contribution in [0.1, 0.15) is 35.8 Å². The molecule has 0 N–H and O–H groups in total. The minimum Gasteiger partial charge on any atom is -0.294 e. The monoisotopic (exact) mass is 251 g/mol. The Morgan fingerprint density at radius 1 is 1.16 bits per heavy atom. The quantitative estimate of drug-likeness (QED) is 0.810. The zero-order chi connectivity index (χ0) is 13.2. The van der Waals surface area contributed by atoms with Gasteiger partial charge in [0, 0.05) is 17.0 Å². The van der Waals surface area contributed by atoms with Crippen molar-refractivity contribution in [3.63, 3.8) is 0 Å². The van der Waals surface area contributed by atoms with E-state index in [1.807, 2.05) is 42.5 Å². The second-order valence-electron chi connectivity index (χ2n) is 5.06. The summed E-state index contributed by atoms with van der Waals surface area (Å²) in [5.41, 5.74) is 3.87. The number of Topliss-reactive ketones (excluding diaryl/α,β-unsaturated/α-hetero) is 1. The fourth-order valence-electron chi connectivity index (χ4n) is 2.74. The Hall–Kier alpha value is -1.96. The standard InChI is InChI=1S/C17H17NO/c1-2-12-8-10-16-14(17(12)19)9-11-15(18-16)13-6-4-3-5-7-13/h3-7,9,11-12H,2,8,10H2,1H3. The summed E-state index contributed by atoms with van der Waals surface area (Å²) in [6, 6.07) is 14.0. The van der Waals surface area contributed by atoms with E-state index in [-0.39, 0.29) is 11.7 Å². The topological polar surface area (TPSA) is 30.0 Å². The van der Waals surface area contributed by atoms with Crippen molar-refractivity contribution >= 4 is 5.78 Å². The van der Waals surface area contributed by atoms with E-state index in [0.29, 0.717) is 0 Å². The molecular formula is C17H17NO. The first kappa shape index (κ1) is 12.1. The number of hydrogen-bond donors (Lipinski definition) is 0. The normalized spacial score (nSPS) is 18.2. The summed E-state index contributed by atoms with van der Waals surface area (Å²) in [4.78, 5) is 16.9. The van der Waals surface area contributed by atoms with Gasteiger partial charge in [-0.3, -0.25) is 9.78 Å². The van der Waals surface area contributed by atoms with Crippen molar-refractivity contribution in [1.82, 2.24) is 4.98 Å². The van der Waals surface area contributed by atoms with Gasteiger partial charge in [0.15, 0.2) is 5.78 Å². The molecule has 0 bridgehead atoms. The van der Waals surface area contributed by atoms with Crippen molar-refractivity contribution in [3.8, 4) is 11.3 Å². The molecule has 2 nitrogen and oxygen atoms in total. The van der Waals surface area contributed by atoms with Crippen LogP contribution in [-0.2, 0) is 6.42 Å². The second kappa shape index (κ2) is 4.96. The van der Waals surface area contributed by atoms with Crippen LogP contribution < -0.4 is 0 Å². The van der Waals surface area contributed by atoms with Gasteiger partial charge in [-0.25, -0.2) is 0 Å². The Bertz CT molecular complexity index is 604. The average Bonchev–Trinajstić information content (AvgIpc) is 2.48. The predicted molar refractivity (Wildman–Crippen MR) is 76.1 cm³/mol. The molecule has 0 amide bonds. The van der Waals surface area contributed by atoms with Gasteiger partial charge in [0.2, 0.25) is 0 Å². The molecule has 19 heavy (non-hydrogen) atoms. The number of carbonyl (C=O) groups excluding carboxylic acids is 1. The van der Waals surface area contributed by atoms with Gasteiger partial charge in [-0.05, 0) is 31.4 Å². The van der Waals surface area contributed by atoms with Crippen LogP contribution in [0.15, 0.2) is 42.5 Å². The highest BCUT2D eigenvalue weighted by Crippen LogP contribution is 2.28. The highest BCUT2D eigenvalue weighted by atomic mass is 16.1. The van der Waals surface area contributed by atoms with E-state index in [1.165, 1.54) is 0 Å². The van der Waals surface area contributed by atoms with Crippen LogP contribution in [0, 0.1) is 5.92 Å². The molecule has 0 saturated carbocycles. The first-order chi connectivity index (χ1) is 9.29. The van der Waals surface area contributed by atoms with Gasteiger partial charge >= 0.3 is 0 Å². The zero-order valence-electron chi connectivity index (χ0n) is 11.1. The first-order valence-corrected chi connectivity index (χ1v) is 6.89. The summed E-state index contributed by atoms with van der Waals surface area (Å²) in [6.45, 7) is 2.08. The van der Waals surface area contributed by atoms with Crippen molar-refractivity contribution in [2.45, 2.75) is 26.2 Å². The summed E-state index contributed by atoms with van der Waals surface area (Å²) >= 11 is 0. The maximum atomic E-state index is 12.3. The van der Waals surface area contributed by atoms with E-state index in [1.54, 1.807) is 0 Å². The van der Waals surface area contributed by atoms with Crippen LogP contribution in [0.5, 0.6) is 0 Å². The molecule has 3 rings (SSSR count). The number of fused-ring (bicyclic) bond motifs is 1. The number of ketones is 1. The largest absolute Gasteiger partial charge is 0.294 e. The van der Waals surface area contributed by atoms with Crippen molar-refractivity contribution in [2.24, 2.45) is 5.92 Å². The molecule has 1 aromatic carbocycles. The fourth-order valence-corrected chi connectivity index (χ4v) is 2.74. The van der Waals surface area contributed by atoms with E-state index in [0.717, 1.165) is 41.8 Å². The van der Waals surface area contributed by atoms with Crippen LogP contribution in [-0.4, -0.2) is 10.8 Å². The Kier molecular flexibility index (Phi) is 3.16. The maximum absolute atomic E-state index is 12.3. The van der Waals surface area contributed by atoms with Crippen molar-refractivity contribution in [1.29, 1.82) is 0 Å². The number of aromatic nitrogens is 1. The number of benzene rings is 1. The Morgan fingerprint density at radius 2 is 1.95 bits per heavy atom. The predicted octanol–water partition coefficient (Wildman–Crippen LogP) is 3.90. The summed E-state index contributed by atoms with van der Waals surface area (Å²) in [5.74, 6) is 0.465. The average molecular weight is 251 g/mol. The van der Waals surface area contributed by atoms with Gasteiger partial charge in [0.25, 0.3) is 0 Å². The summed E-state index contributed by atoms with van der Waals surface area (Å²) in [6.07, 6.45) is 2.78. The molecule has 1 unspecified atom stereocenters. The second-order valence-corrected chi connectivity index (χ2v) is 5.06. The molecule has 1 atom stereocenters. The third-order valence-electron chi connectivity index (χ3n) is 3.90. The minimum absolute atomic E-state index is 0.192. The van der Waals surface area contributed by atoms with E-state index in [2.05, 4.69) is 11.9 Å². The van der Waals surface area contributed by atoms with E-state index in [4.69, 9.17) is 0 Å². The third-order valence-corrected chi connectivity index (χ3v) is 3.90. The molecule has 1 aromatic heterocycles. The Morgan fingerprint density at radius 3 is 2.68 bits per heavy atom. The Labute approximate surface area is 113 Å². The molecule has 1 heterocycles. The summed E-state index contributed by atoms with van der Waals surface area (Å²) < 4.78 is 0. The number of carbonyl (C=O) groups is 1. The van der Waals surface area contributed by atoms with E-state index >= 15 is 0 Å². The highest BCUT2D eigenvalue weighted by molar-refractivity contribution is 6.00. The number of nitrogens with zero attached hydrogens (tertiary/aromatic N) is 1. The summed E-state index contributed by atoms with van der Waals surface area (Å²) in [7, 11) is 0. The van der Waals surface area contributed by atoms with Crippen molar-refractivity contribution in [3.05, 3.63) is 53.7 Å². The molecule has 2 aromatic rings. The minimum atomic E-state index is 0.192. The molecule has 2 heteroatoms. The van der Waals surface area contributed by atoms with Crippen LogP contribution in [0.25, 0.3) is 11.3 Å². The van der Waals surface area contributed by atoms with Gasteiger partial charge in [-0.1, -0.05) is 37.3 Å². The van der Waals surface area contributed by atoms with Gasteiger partial charge in [0.05, 0.1) is 11.4 Å². The van der Waals surface area contributed by atoms with Gasteiger partial charge in [-0.2, -0.15) is 0 Å². The molecule has 0 aliphatic heterocycles. The summed E-state index contributed by atoms with van der Waals surface area (Å²) in [5, 5.41) is 0. The number of hydrogen-bond acceptors (Lipinski definition) is 2. The number of pyridine rings is 1. The maximum Gasteiger partial charge on any atom is 0.167 e. The Balaban J connectivity index is 2.00. The van der Waals surface area contributed by atoms with E-state index < -0.39 is 0 Å². The highest BCUT2D eigenvalue weighted by Gasteiger charge is 2.26. The lowest BCUT2D eigenvalue weighted by atomic mass is 9.83. The molecule has 0 saturated heterocycles. The molecule has 1 aliphatic rings. The lowest BCUT2D eigenvalue weighted by Crippen LogP contribution is -2.23. The van der Waals surface area contributed by atoms with E-state index in [9.17, 15) is 4.79 Å². The van der Waals surface area contributed by atoms with Crippen molar-refractivity contribution in [2.75, 3.05) is 0 Å². The van der Waals surface area contributed by atoms with Crippen LogP contribution >= 0.6 is 0 Å². The molecule has 0 spiro atoms. The van der Waals surface area contributed by atoms with Crippen LogP contribution in [0.2, 0.25) is 0 Å². The lowest BCUT2D eigenvalue weighted by molar-refractivity contribution is 0.0897. The molecule has 96 valence electrons. The van der Waals surface area contributed by atoms with Crippen LogP contribution in [0.4, 0.5) is 0 Å². The van der Waals surface area contributed by atoms with Gasteiger partial charge in [-0.15, -0.1) is 0 Å². The molecule has 0 radical (unpaired) electrons. The first-order valence-electron chi connectivity index (χ1n) is 6.89. The lowest BCUT2D eigenvalue weighted by Gasteiger charge is -2.21. The fraction of sp³-hybridized carbons (Fsp3) is 0.294. The smallest absolute Gasteiger partial charge is 0.167 e.